The summed E-state index contributed by atoms with van der Waals surface area (Å²) in [5, 5.41) is 11.3. The van der Waals surface area contributed by atoms with E-state index >= 15 is 0 Å². The Morgan fingerprint density at radius 3 is 2.16 bits per heavy atom. The Morgan fingerprint density at radius 2 is 1.25 bits per heavy atom. The fourth-order valence-corrected chi connectivity index (χ4v) is 9.18. The summed E-state index contributed by atoms with van der Waals surface area (Å²) in [4.78, 5) is 1.25. The molecule has 1 aliphatic rings. The number of nitrogens with zero attached hydrogens (tertiary/aromatic N) is 1. The minimum Gasteiger partial charge on any atom is -0.456 e. The van der Waals surface area contributed by atoms with Gasteiger partial charge in [-0.1, -0.05) is 127 Å². The maximum atomic E-state index is 6.48. The molecule has 0 fully saturated rings. The molecule has 51 heavy (non-hydrogen) atoms. The molecule has 10 aromatic rings. The zero-order valence-electron chi connectivity index (χ0n) is 27.5. The lowest BCUT2D eigenvalue weighted by atomic mass is 9.98. The van der Waals surface area contributed by atoms with Crippen molar-refractivity contribution in [3.05, 3.63) is 175 Å². The number of fused-ring (bicyclic) bond motifs is 9. The van der Waals surface area contributed by atoms with E-state index < -0.39 is 0 Å². The molecule has 0 spiro atoms. The average Bonchev–Trinajstić information content (AvgIpc) is 3.89. The summed E-state index contributed by atoms with van der Waals surface area (Å²) in [7, 11) is 0. The number of benzene rings is 8. The first-order valence-electron chi connectivity index (χ1n) is 17.4. The Balaban J connectivity index is 0.937. The quantitative estimate of drug-likeness (QED) is 0.202. The lowest BCUT2D eigenvalue weighted by Gasteiger charge is -2.13. The Kier molecular flexibility index (Phi) is 6.25. The van der Waals surface area contributed by atoms with Gasteiger partial charge in [-0.15, -0.1) is 0 Å². The molecule has 1 unspecified atom stereocenters. The summed E-state index contributed by atoms with van der Waals surface area (Å²) >= 11 is 1.87. The highest BCUT2D eigenvalue weighted by Crippen LogP contribution is 2.52. The Labute approximate surface area is 298 Å². The van der Waals surface area contributed by atoms with Gasteiger partial charge in [0.25, 0.3) is 0 Å². The molecule has 0 saturated heterocycles. The highest BCUT2D eigenvalue weighted by atomic mass is 32.2. The summed E-state index contributed by atoms with van der Waals surface area (Å²) in [5.74, 6) is 0. The minimum absolute atomic E-state index is 0.109. The van der Waals surface area contributed by atoms with Crippen molar-refractivity contribution in [2.45, 2.75) is 10.3 Å². The number of anilines is 1. The molecule has 0 saturated carbocycles. The van der Waals surface area contributed by atoms with Crippen LogP contribution in [0.5, 0.6) is 0 Å². The van der Waals surface area contributed by atoms with E-state index in [-0.39, 0.29) is 5.37 Å². The van der Waals surface area contributed by atoms with Gasteiger partial charge in [-0.3, -0.25) is 0 Å². The molecule has 2 aromatic heterocycles. The summed E-state index contributed by atoms with van der Waals surface area (Å²) in [6, 6.07) is 61.3. The van der Waals surface area contributed by atoms with Crippen LogP contribution in [0.15, 0.2) is 179 Å². The van der Waals surface area contributed by atoms with Crippen LogP contribution in [-0.2, 0) is 0 Å². The van der Waals surface area contributed by atoms with E-state index in [1.54, 1.807) is 0 Å². The Hall–Kier alpha value is -6.23. The van der Waals surface area contributed by atoms with Gasteiger partial charge < -0.3 is 14.3 Å². The largest absolute Gasteiger partial charge is 0.456 e. The first-order chi connectivity index (χ1) is 25.3. The number of furan rings is 1. The van der Waals surface area contributed by atoms with E-state index in [2.05, 4.69) is 180 Å². The molecule has 1 aliphatic heterocycles. The van der Waals surface area contributed by atoms with Crippen LogP contribution >= 0.6 is 11.8 Å². The van der Waals surface area contributed by atoms with Crippen molar-refractivity contribution < 1.29 is 4.42 Å². The molecule has 0 bridgehead atoms. The van der Waals surface area contributed by atoms with Crippen LogP contribution in [0.1, 0.15) is 10.9 Å². The van der Waals surface area contributed by atoms with Gasteiger partial charge in [0.2, 0.25) is 0 Å². The SMILES string of the molecule is c1ccc(-n2c3ccccc3c3c(-c4ccc(C5Nc6c(ccc7oc8cc(-c9ccc%10ccccc%10c9)ccc8c67)S5)cc4)cccc32)cc1. The zero-order chi connectivity index (χ0) is 33.5. The van der Waals surface area contributed by atoms with E-state index in [1.807, 2.05) is 11.8 Å². The van der Waals surface area contributed by atoms with Crippen molar-refractivity contribution in [2.24, 2.45) is 0 Å². The third kappa shape index (κ3) is 4.47. The second kappa shape index (κ2) is 11.1. The van der Waals surface area contributed by atoms with Crippen LogP contribution in [0.25, 0.3) is 82.5 Å². The van der Waals surface area contributed by atoms with Crippen LogP contribution in [-0.4, -0.2) is 4.57 Å². The van der Waals surface area contributed by atoms with E-state index in [0.29, 0.717) is 0 Å². The summed E-state index contributed by atoms with van der Waals surface area (Å²) in [6.07, 6.45) is 0. The molecular weight excluding hydrogens is 641 g/mol. The van der Waals surface area contributed by atoms with E-state index in [9.17, 15) is 0 Å². The Bertz CT molecular complexity index is 2970. The lowest BCUT2D eigenvalue weighted by molar-refractivity contribution is 0.669. The first-order valence-corrected chi connectivity index (χ1v) is 18.2. The first kappa shape index (κ1) is 28.6. The maximum absolute atomic E-state index is 6.48. The molecule has 0 amide bonds. The molecule has 1 N–H and O–H groups in total. The number of rotatable bonds is 4. The highest BCUT2D eigenvalue weighted by Gasteiger charge is 2.27. The molecule has 3 heterocycles. The molecule has 11 rings (SSSR count). The molecule has 0 aliphatic carbocycles. The normalized spacial score (nSPS) is 14.2. The Morgan fingerprint density at radius 1 is 0.510 bits per heavy atom. The van der Waals surface area contributed by atoms with Crippen molar-refractivity contribution in [3.63, 3.8) is 0 Å². The number of para-hydroxylation sites is 2. The summed E-state index contributed by atoms with van der Waals surface area (Å²) in [6.45, 7) is 0. The standard InChI is InChI=1S/C47H30N2OS/c1-2-11-35(12-3-1)49-39-15-7-6-13-37(39)44-36(14-8-16-40(44)49)30-18-20-31(21-19-30)47-48-46-43(51-47)26-25-41-45(46)38-24-23-34(28-42(38)50-41)33-22-17-29-9-4-5-10-32(29)27-33/h1-28,47-48H. The maximum Gasteiger partial charge on any atom is 0.137 e. The van der Waals surface area contributed by atoms with Gasteiger partial charge in [-0.25, -0.2) is 0 Å². The third-order valence-corrected chi connectivity index (χ3v) is 11.7. The van der Waals surface area contributed by atoms with E-state index in [1.165, 1.54) is 65.4 Å². The van der Waals surface area contributed by atoms with Crippen molar-refractivity contribution in [2.75, 3.05) is 5.32 Å². The predicted molar refractivity (Wildman–Crippen MR) is 215 cm³/mol. The molecule has 3 nitrogen and oxygen atoms in total. The van der Waals surface area contributed by atoms with Gasteiger partial charge in [0.15, 0.2) is 0 Å². The van der Waals surface area contributed by atoms with Crippen LogP contribution < -0.4 is 5.32 Å². The predicted octanol–water partition coefficient (Wildman–Crippen LogP) is 13.4. The van der Waals surface area contributed by atoms with Gasteiger partial charge >= 0.3 is 0 Å². The molecule has 1 atom stereocenters. The van der Waals surface area contributed by atoms with Crippen LogP contribution in [0, 0.1) is 0 Å². The fourth-order valence-electron chi connectivity index (χ4n) is 8.03. The molecule has 240 valence electrons. The number of hydrogen-bond acceptors (Lipinski definition) is 3. The van der Waals surface area contributed by atoms with Gasteiger partial charge in [0.05, 0.1) is 22.1 Å². The summed E-state index contributed by atoms with van der Waals surface area (Å²) in [5.41, 5.74) is 12.6. The molecule has 4 heteroatoms. The van der Waals surface area contributed by atoms with Crippen molar-refractivity contribution in [1.82, 2.24) is 4.57 Å². The minimum atomic E-state index is 0.109. The van der Waals surface area contributed by atoms with Gasteiger partial charge in [0, 0.05) is 26.7 Å². The second-order valence-corrected chi connectivity index (χ2v) is 14.5. The molecule has 8 aromatic carbocycles. The van der Waals surface area contributed by atoms with E-state index in [0.717, 1.165) is 33.2 Å². The fraction of sp³-hybridized carbons (Fsp3) is 0.0213. The number of nitrogens with one attached hydrogen (secondary N) is 1. The van der Waals surface area contributed by atoms with Crippen LogP contribution in [0.4, 0.5) is 5.69 Å². The number of thioether (sulfide) groups is 1. The highest BCUT2D eigenvalue weighted by molar-refractivity contribution is 8.00. The van der Waals surface area contributed by atoms with Gasteiger partial charge in [-0.2, -0.15) is 0 Å². The zero-order valence-corrected chi connectivity index (χ0v) is 28.3. The van der Waals surface area contributed by atoms with Crippen LogP contribution in [0.2, 0.25) is 0 Å². The monoisotopic (exact) mass is 670 g/mol. The average molecular weight is 671 g/mol. The van der Waals surface area contributed by atoms with Gasteiger partial charge in [-0.05, 0) is 93.2 Å². The lowest BCUT2D eigenvalue weighted by Crippen LogP contribution is -2.01. The van der Waals surface area contributed by atoms with E-state index in [4.69, 9.17) is 4.42 Å². The third-order valence-electron chi connectivity index (χ3n) is 10.4. The van der Waals surface area contributed by atoms with Gasteiger partial charge in [0.1, 0.15) is 16.5 Å². The summed E-state index contributed by atoms with van der Waals surface area (Å²) < 4.78 is 8.86. The van der Waals surface area contributed by atoms with Crippen molar-refractivity contribution in [1.29, 1.82) is 0 Å². The van der Waals surface area contributed by atoms with Crippen molar-refractivity contribution >= 4 is 72.0 Å². The number of hydrogen-bond donors (Lipinski definition) is 1. The van der Waals surface area contributed by atoms with Crippen molar-refractivity contribution in [3.8, 4) is 27.9 Å². The number of aromatic nitrogens is 1. The smallest absolute Gasteiger partial charge is 0.137 e. The second-order valence-electron chi connectivity index (χ2n) is 13.3. The molecular formula is C47H30N2OS. The van der Waals surface area contributed by atoms with Crippen LogP contribution in [0.3, 0.4) is 0 Å². The molecule has 0 radical (unpaired) electrons. The topological polar surface area (TPSA) is 30.1 Å².